The van der Waals surface area contributed by atoms with Crippen LogP contribution in [0.15, 0.2) is 29.2 Å². The molecule has 0 bridgehead atoms. The Morgan fingerprint density at radius 1 is 1.08 bits per heavy atom. The second kappa shape index (κ2) is 11.7. The van der Waals surface area contributed by atoms with Crippen LogP contribution in [0.1, 0.15) is 57.8 Å². The molecule has 2 aromatic rings. The summed E-state index contributed by atoms with van der Waals surface area (Å²) < 4.78 is 32.4. The molecule has 2 amide bonds. The van der Waals surface area contributed by atoms with Gasteiger partial charge < -0.3 is 15.0 Å². The van der Waals surface area contributed by atoms with Gasteiger partial charge in [-0.1, -0.05) is 0 Å². The van der Waals surface area contributed by atoms with Crippen molar-refractivity contribution < 1.29 is 27.5 Å². The zero-order valence-corrected chi connectivity index (χ0v) is 24.7. The van der Waals surface area contributed by atoms with Gasteiger partial charge in [-0.05, 0) is 62.9 Å². The van der Waals surface area contributed by atoms with Crippen molar-refractivity contribution in [2.24, 2.45) is 5.92 Å². The minimum absolute atomic E-state index is 0.0828. The number of amides is 2. The number of methoxy groups -OCH3 is 1. The molecule has 0 saturated carbocycles. The lowest BCUT2D eigenvalue weighted by molar-refractivity contribution is -0.146. The van der Waals surface area contributed by atoms with Crippen molar-refractivity contribution in [3.8, 4) is 0 Å². The highest BCUT2D eigenvalue weighted by atomic mass is 32.2. The Kier molecular flexibility index (Phi) is 8.79. The maximum Gasteiger partial charge on any atom is 0.308 e. The van der Waals surface area contributed by atoms with Crippen LogP contribution in [0.4, 0.5) is 5.00 Å². The molecular weight excluding hydrogens is 540 g/mol. The Balaban J connectivity index is 1.51. The molecule has 1 saturated heterocycles. The summed E-state index contributed by atoms with van der Waals surface area (Å²) in [6.07, 6.45) is 1.54. The van der Waals surface area contributed by atoms with Crippen LogP contribution < -0.4 is 5.32 Å². The average molecular weight is 577 g/mol. The zero-order valence-electron chi connectivity index (χ0n) is 23.0. The predicted molar refractivity (Wildman–Crippen MR) is 149 cm³/mol. The smallest absolute Gasteiger partial charge is 0.308 e. The van der Waals surface area contributed by atoms with E-state index in [9.17, 15) is 22.8 Å². The fourth-order valence-corrected chi connectivity index (χ4v) is 7.73. The Bertz CT molecular complexity index is 1340. The number of nitrogens with zero attached hydrogens (tertiary/aromatic N) is 3. The first-order chi connectivity index (χ1) is 18.4. The average Bonchev–Trinajstić information content (AvgIpc) is 3.28. The van der Waals surface area contributed by atoms with Crippen LogP contribution >= 0.6 is 11.3 Å². The number of ether oxygens (including phenoxy) is 1. The minimum atomic E-state index is -3.76. The lowest BCUT2D eigenvalue weighted by atomic mass is 9.99. The van der Waals surface area contributed by atoms with E-state index in [1.54, 1.807) is 14.1 Å². The minimum Gasteiger partial charge on any atom is -0.469 e. The molecule has 1 fully saturated rings. The third kappa shape index (κ3) is 6.03. The molecule has 0 spiro atoms. The molecule has 0 aliphatic carbocycles. The Morgan fingerprint density at radius 3 is 2.28 bits per heavy atom. The van der Waals surface area contributed by atoms with E-state index in [2.05, 4.69) is 24.1 Å². The fourth-order valence-electron chi connectivity index (χ4n) is 5.00. The molecule has 0 atom stereocenters. The van der Waals surface area contributed by atoms with Crippen LogP contribution in [0.5, 0.6) is 0 Å². The van der Waals surface area contributed by atoms with Gasteiger partial charge in [0.1, 0.15) is 5.00 Å². The van der Waals surface area contributed by atoms with Crippen molar-refractivity contribution in [2.75, 3.05) is 46.2 Å². The van der Waals surface area contributed by atoms with Gasteiger partial charge in [0.15, 0.2) is 0 Å². The number of carbonyl (C=O) groups is 3. The molecule has 2 aliphatic heterocycles. The van der Waals surface area contributed by atoms with Gasteiger partial charge in [-0.25, -0.2) is 8.42 Å². The molecule has 4 rings (SSSR count). The molecule has 1 N–H and O–H groups in total. The first-order valence-electron chi connectivity index (χ1n) is 13.0. The molecule has 39 heavy (non-hydrogen) atoms. The number of thiophene rings is 1. The molecule has 1 aromatic carbocycles. The van der Waals surface area contributed by atoms with E-state index in [0.29, 0.717) is 29.4 Å². The fraction of sp³-hybridized carbons (Fsp3) is 0.519. The van der Waals surface area contributed by atoms with Gasteiger partial charge >= 0.3 is 5.97 Å². The lowest BCUT2D eigenvalue weighted by Gasteiger charge is -2.30. The lowest BCUT2D eigenvalue weighted by Crippen LogP contribution is -2.40. The largest absolute Gasteiger partial charge is 0.469 e. The standard InChI is InChI=1S/C27H36N4O6S2/c1-17(2)30-13-12-21-22(16-30)38-25(23(21)26(33)29(3)4)28-24(32)18-6-8-20(9-7-18)39(35,36)31-14-10-19(11-15-31)27(34)37-5/h6-9,17,19H,10-16H2,1-5H3,(H,28,32). The van der Waals surface area contributed by atoms with Crippen LogP contribution in [0.2, 0.25) is 0 Å². The topological polar surface area (TPSA) is 116 Å². The number of hydrogen-bond acceptors (Lipinski definition) is 8. The van der Waals surface area contributed by atoms with Gasteiger partial charge in [-0.15, -0.1) is 11.3 Å². The number of esters is 1. The van der Waals surface area contributed by atoms with Crippen LogP contribution in [0.25, 0.3) is 0 Å². The quantitative estimate of drug-likeness (QED) is 0.504. The Hall–Kier alpha value is -2.80. The molecule has 0 unspecified atom stereocenters. The number of hydrogen-bond donors (Lipinski definition) is 1. The summed E-state index contributed by atoms with van der Waals surface area (Å²) in [5.74, 6) is -1.18. The number of carbonyl (C=O) groups excluding carboxylic acids is 3. The van der Waals surface area contributed by atoms with Gasteiger partial charge in [0.2, 0.25) is 10.0 Å². The van der Waals surface area contributed by atoms with Gasteiger partial charge in [0.25, 0.3) is 11.8 Å². The van der Waals surface area contributed by atoms with Crippen LogP contribution in [-0.4, -0.2) is 87.2 Å². The molecule has 3 heterocycles. The summed E-state index contributed by atoms with van der Waals surface area (Å²) in [5, 5.41) is 3.43. The SMILES string of the molecule is COC(=O)C1CCN(S(=O)(=O)c2ccc(C(=O)Nc3sc4c(c3C(=O)N(C)C)CCN(C(C)C)C4)cc2)CC1. The van der Waals surface area contributed by atoms with Crippen molar-refractivity contribution in [1.82, 2.24) is 14.1 Å². The molecule has 12 heteroatoms. The number of rotatable bonds is 7. The Morgan fingerprint density at radius 2 is 1.72 bits per heavy atom. The highest BCUT2D eigenvalue weighted by molar-refractivity contribution is 7.89. The van der Waals surface area contributed by atoms with E-state index in [-0.39, 0.29) is 41.3 Å². The van der Waals surface area contributed by atoms with Crippen molar-refractivity contribution in [1.29, 1.82) is 0 Å². The maximum atomic E-state index is 13.2. The number of piperidine rings is 1. The van der Waals surface area contributed by atoms with Gasteiger partial charge in [-0.2, -0.15) is 4.31 Å². The third-order valence-corrected chi connectivity index (χ3v) is 10.5. The first-order valence-corrected chi connectivity index (χ1v) is 15.3. The van der Waals surface area contributed by atoms with E-state index in [1.807, 2.05) is 0 Å². The van der Waals surface area contributed by atoms with E-state index in [1.165, 1.54) is 51.9 Å². The number of fused-ring (bicyclic) bond motifs is 1. The number of sulfonamides is 1. The summed E-state index contributed by atoms with van der Waals surface area (Å²) in [6, 6.07) is 6.17. The second-order valence-corrected chi connectivity index (χ2v) is 13.4. The summed E-state index contributed by atoms with van der Waals surface area (Å²) in [6.45, 7) is 6.31. The van der Waals surface area contributed by atoms with Crippen LogP contribution in [-0.2, 0) is 32.5 Å². The zero-order chi connectivity index (χ0) is 28.5. The molecule has 212 valence electrons. The van der Waals surface area contributed by atoms with Crippen molar-refractivity contribution in [3.05, 3.63) is 45.8 Å². The normalized spacial score (nSPS) is 17.1. The first kappa shape index (κ1) is 29.2. The predicted octanol–water partition coefficient (Wildman–Crippen LogP) is 3.04. The molecule has 10 nitrogen and oxygen atoms in total. The monoisotopic (exact) mass is 576 g/mol. The molecule has 0 radical (unpaired) electrons. The highest BCUT2D eigenvalue weighted by Crippen LogP contribution is 2.38. The molecule has 1 aromatic heterocycles. The summed E-state index contributed by atoms with van der Waals surface area (Å²) in [5.41, 5.74) is 1.81. The van der Waals surface area contributed by atoms with E-state index >= 15 is 0 Å². The van der Waals surface area contributed by atoms with Crippen molar-refractivity contribution in [3.63, 3.8) is 0 Å². The number of benzene rings is 1. The molecular formula is C27H36N4O6S2. The maximum absolute atomic E-state index is 13.2. The van der Waals surface area contributed by atoms with E-state index in [0.717, 1.165) is 30.0 Å². The molecule has 2 aliphatic rings. The third-order valence-electron chi connectivity index (χ3n) is 7.41. The summed E-state index contributed by atoms with van der Waals surface area (Å²) in [7, 11) is 0.952. The summed E-state index contributed by atoms with van der Waals surface area (Å²) >= 11 is 1.43. The Labute approximate surface area is 234 Å². The van der Waals surface area contributed by atoms with E-state index < -0.39 is 15.9 Å². The summed E-state index contributed by atoms with van der Waals surface area (Å²) in [4.78, 5) is 43.1. The van der Waals surface area contributed by atoms with E-state index in [4.69, 9.17) is 4.74 Å². The second-order valence-electron chi connectivity index (χ2n) is 10.4. The highest BCUT2D eigenvalue weighted by Gasteiger charge is 2.33. The number of nitrogens with one attached hydrogen (secondary N) is 1. The van der Waals surface area contributed by atoms with Crippen LogP contribution in [0.3, 0.4) is 0 Å². The van der Waals surface area contributed by atoms with Crippen molar-refractivity contribution >= 4 is 44.1 Å². The van der Waals surface area contributed by atoms with Crippen molar-refractivity contribution in [2.45, 2.75) is 50.6 Å². The van der Waals surface area contributed by atoms with Gasteiger partial charge in [-0.3, -0.25) is 19.3 Å². The van der Waals surface area contributed by atoms with Gasteiger partial charge in [0.05, 0.1) is 23.5 Å². The number of anilines is 1. The van der Waals surface area contributed by atoms with Gasteiger partial charge in [0, 0.05) is 56.8 Å². The van der Waals surface area contributed by atoms with Crippen LogP contribution in [0, 0.1) is 5.92 Å².